The first-order chi connectivity index (χ1) is 15.8. The number of pyridine rings is 1. The summed E-state index contributed by atoms with van der Waals surface area (Å²) >= 11 is 0. The van der Waals surface area contributed by atoms with Gasteiger partial charge in [0.25, 0.3) is 0 Å². The predicted molar refractivity (Wildman–Crippen MR) is 110 cm³/mol. The summed E-state index contributed by atoms with van der Waals surface area (Å²) in [5, 5.41) is 9.36. The van der Waals surface area contributed by atoms with Crippen LogP contribution in [0.3, 0.4) is 0 Å². The molecule has 0 spiro atoms. The number of anilines is 2. The standard InChI is InChI=1S/C22H18F4N2O5/c1-31-17-7-8-27-11-14(17)12-28(15-4-2-3-13(9-15)20(29)30)16-5-6-18(32-21(23)24)19(10-16)33-22(25)26/h2-11,21-22H,12H2,1H3,(H,29,30). The number of methoxy groups -OCH3 is 1. The lowest BCUT2D eigenvalue weighted by molar-refractivity contribution is -0.0692. The highest BCUT2D eigenvalue weighted by atomic mass is 19.3. The Labute approximate surface area is 185 Å². The van der Waals surface area contributed by atoms with Crippen molar-refractivity contribution in [3.63, 3.8) is 0 Å². The summed E-state index contributed by atoms with van der Waals surface area (Å²) < 4.78 is 65.2. The van der Waals surface area contributed by atoms with Crippen LogP contribution in [0.15, 0.2) is 60.9 Å². The van der Waals surface area contributed by atoms with E-state index in [1.807, 2.05) is 0 Å². The molecule has 0 aliphatic carbocycles. The van der Waals surface area contributed by atoms with E-state index in [1.54, 1.807) is 17.0 Å². The first-order valence-electron chi connectivity index (χ1n) is 9.40. The minimum absolute atomic E-state index is 0.0163. The highest BCUT2D eigenvalue weighted by molar-refractivity contribution is 5.89. The van der Waals surface area contributed by atoms with Crippen LogP contribution in [-0.4, -0.2) is 36.4 Å². The number of carboxylic acids is 1. The second-order valence-electron chi connectivity index (χ2n) is 6.52. The summed E-state index contributed by atoms with van der Waals surface area (Å²) in [5.74, 6) is -1.88. The van der Waals surface area contributed by atoms with Gasteiger partial charge in [-0.25, -0.2) is 4.79 Å². The van der Waals surface area contributed by atoms with E-state index in [0.717, 1.165) is 12.1 Å². The van der Waals surface area contributed by atoms with Gasteiger partial charge in [0, 0.05) is 35.4 Å². The van der Waals surface area contributed by atoms with Crippen molar-refractivity contribution in [2.24, 2.45) is 0 Å². The molecule has 1 aromatic heterocycles. The molecule has 0 amide bonds. The normalized spacial score (nSPS) is 10.9. The number of hydrogen-bond donors (Lipinski definition) is 1. The zero-order valence-corrected chi connectivity index (χ0v) is 17.1. The number of alkyl halides is 4. The first kappa shape index (κ1) is 23.6. The van der Waals surface area contributed by atoms with Gasteiger partial charge in [-0.1, -0.05) is 6.07 Å². The maximum Gasteiger partial charge on any atom is 0.387 e. The van der Waals surface area contributed by atoms with Gasteiger partial charge in [0.2, 0.25) is 0 Å². The highest BCUT2D eigenvalue weighted by Crippen LogP contribution is 2.38. The van der Waals surface area contributed by atoms with E-state index in [9.17, 15) is 27.5 Å². The molecule has 174 valence electrons. The molecule has 11 heteroatoms. The Balaban J connectivity index is 2.12. The van der Waals surface area contributed by atoms with E-state index in [-0.39, 0.29) is 17.8 Å². The molecule has 33 heavy (non-hydrogen) atoms. The smallest absolute Gasteiger partial charge is 0.387 e. The van der Waals surface area contributed by atoms with Crippen molar-refractivity contribution < 1.29 is 41.7 Å². The number of benzene rings is 2. The number of halogens is 4. The second-order valence-corrected chi connectivity index (χ2v) is 6.52. The topological polar surface area (TPSA) is 81.1 Å². The Kier molecular flexibility index (Phi) is 7.54. The maximum absolute atomic E-state index is 12.9. The SMILES string of the molecule is COc1ccncc1CN(c1cccc(C(=O)O)c1)c1ccc(OC(F)F)c(OC(F)F)c1. The Hall–Kier alpha value is -4.02. The van der Waals surface area contributed by atoms with Crippen LogP contribution < -0.4 is 19.1 Å². The first-order valence-corrected chi connectivity index (χ1v) is 9.40. The van der Waals surface area contributed by atoms with Gasteiger partial charge < -0.3 is 24.2 Å². The van der Waals surface area contributed by atoms with E-state index < -0.39 is 30.7 Å². The molecule has 0 fully saturated rings. The molecular weight excluding hydrogens is 448 g/mol. The lowest BCUT2D eigenvalue weighted by Gasteiger charge is -2.27. The molecule has 0 aliphatic rings. The minimum Gasteiger partial charge on any atom is -0.496 e. The van der Waals surface area contributed by atoms with Crippen molar-refractivity contribution in [3.8, 4) is 17.2 Å². The molecule has 0 radical (unpaired) electrons. The van der Waals surface area contributed by atoms with Crippen LogP contribution in [-0.2, 0) is 6.54 Å². The van der Waals surface area contributed by atoms with Crippen LogP contribution in [0.4, 0.5) is 28.9 Å². The van der Waals surface area contributed by atoms with E-state index >= 15 is 0 Å². The van der Waals surface area contributed by atoms with E-state index in [2.05, 4.69) is 14.5 Å². The Bertz CT molecular complexity index is 1110. The summed E-state index contributed by atoms with van der Waals surface area (Å²) in [5.41, 5.74) is 1.19. The number of carboxylic acid groups (broad SMARTS) is 1. The molecule has 1 heterocycles. The van der Waals surface area contributed by atoms with Crippen LogP contribution in [0.25, 0.3) is 0 Å². The van der Waals surface area contributed by atoms with Crippen LogP contribution >= 0.6 is 0 Å². The average Bonchev–Trinajstić information content (AvgIpc) is 2.78. The number of nitrogens with zero attached hydrogens (tertiary/aromatic N) is 2. The molecule has 0 unspecified atom stereocenters. The Morgan fingerprint density at radius 3 is 2.33 bits per heavy atom. The third-order valence-corrected chi connectivity index (χ3v) is 4.48. The van der Waals surface area contributed by atoms with E-state index in [0.29, 0.717) is 17.0 Å². The van der Waals surface area contributed by atoms with Crippen LogP contribution in [0.2, 0.25) is 0 Å². The van der Waals surface area contributed by atoms with Crippen molar-refractivity contribution in [2.45, 2.75) is 19.8 Å². The van der Waals surface area contributed by atoms with Gasteiger partial charge in [0.1, 0.15) is 5.75 Å². The monoisotopic (exact) mass is 466 g/mol. The van der Waals surface area contributed by atoms with Crippen molar-refractivity contribution in [2.75, 3.05) is 12.0 Å². The Morgan fingerprint density at radius 2 is 1.67 bits per heavy atom. The molecule has 0 bridgehead atoms. The van der Waals surface area contributed by atoms with Gasteiger partial charge in [-0.3, -0.25) is 4.98 Å². The summed E-state index contributed by atoms with van der Waals surface area (Å²) in [6.07, 6.45) is 3.04. The second kappa shape index (κ2) is 10.5. The fourth-order valence-electron chi connectivity index (χ4n) is 3.09. The third kappa shape index (κ3) is 6.03. The van der Waals surface area contributed by atoms with Crippen LogP contribution in [0.1, 0.15) is 15.9 Å². The van der Waals surface area contributed by atoms with Gasteiger partial charge in [-0.2, -0.15) is 17.6 Å². The zero-order chi connectivity index (χ0) is 24.0. The van der Waals surface area contributed by atoms with Crippen LogP contribution in [0, 0.1) is 0 Å². The number of hydrogen-bond acceptors (Lipinski definition) is 6. The lowest BCUT2D eigenvalue weighted by atomic mass is 10.1. The molecule has 2 aromatic carbocycles. The van der Waals surface area contributed by atoms with E-state index in [1.165, 1.54) is 43.8 Å². The Morgan fingerprint density at radius 1 is 0.970 bits per heavy atom. The van der Waals surface area contributed by atoms with Gasteiger partial charge in [0.15, 0.2) is 11.5 Å². The quantitative estimate of drug-likeness (QED) is 0.405. The summed E-state index contributed by atoms with van der Waals surface area (Å²) in [4.78, 5) is 17.1. The average molecular weight is 466 g/mol. The number of aromatic carboxylic acids is 1. The summed E-state index contributed by atoms with van der Waals surface area (Å²) in [7, 11) is 1.46. The van der Waals surface area contributed by atoms with Crippen molar-refractivity contribution >= 4 is 17.3 Å². The summed E-state index contributed by atoms with van der Waals surface area (Å²) in [6, 6.07) is 11.0. The van der Waals surface area contributed by atoms with Gasteiger partial charge >= 0.3 is 19.2 Å². The van der Waals surface area contributed by atoms with Crippen molar-refractivity contribution in [1.82, 2.24) is 4.98 Å². The molecular formula is C22H18F4N2O5. The molecule has 3 rings (SSSR count). The maximum atomic E-state index is 12.9. The largest absolute Gasteiger partial charge is 0.496 e. The number of rotatable bonds is 10. The molecule has 1 N–H and O–H groups in total. The third-order valence-electron chi connectivity index (χ3n) is 4.48. The molecule has 0 aliphatic heterocycles. The van der Waals surface area contributed by atoms with Crippen LogP contribution in [0.5, 0.6) is 17.2 Å². The summed E-state index contributed by atoms with van der Waals surface area (Å²) in [6.45, 7) is -6.47. The fraction of sp³-hybridized carbons (Fsp3) is 0.182. The minimum atomic E-state index is -3.29. The number of aromatic nitrogens is 1. The molecule has 0 saturated carbocycles. The lowest BCUT2D eigenvalue weighted by Crippen LogP contribution is -2.18. The zero-order valence-electron chi connectivity index (χ0n) is 17.1. The number of ether oxygens (including phenoxy) is 3. The van der Waals surface area contributed by atoms with E-state index in [4.69, 9.17) is 4.74 Å². The van der Waals surface area contributed by atoms with Gasteiger partial charge in [0.05, 0.1) is 19.2 Å². The molecule has 0 saturated heterocycles. The number of carbonyl (C=O) groups is 1. The molecule has 7 nitrogen and oxygen atoms in total. The predicted octanol–water partition coefficient (Wildman–Crippen LogP) is 5.33. The molecule has 0 atom stereocenters. The van der Waals surface area contributed by atoms with Gasteiger partial charge in [-0.05, 0) is 36.4 Å². The molecule has 3 aromatic rings. The highest BCUT2D eigenvalue weighted by Gasteiger charge is 2.20. The van der Waals surface area contributed by atoms with Gasteiger partial charge in [-0.15, -0.1) is 0 Å². The fourth-order valence-corrected chi connectivity index (χ4v) is 3.09. The van der Waals surface area contributed by atoms with Crippen molar-refractivity contribution in [1.29, 1.82) is 0 Å². The van der Waals surface area contributed by atoms with Crippen molar-refractivity contribution in [3.05, 3.63) is 72.1 Å².